The van der Waals surface area contributed by atoms with Gasteiger partial charge in [0.25, 0.3) is 5.91 Å². The van der Waals surface area contributed by atoms with Gasteiger partial charge < -0.3 is 14.8 Å². The Morgan fingerprint density at radius 2 is 1.76 bits per heavy atom. The second-order valence-corrected chi connectivity index (χ2v) is 6.52. The first-order valence-corrected chi connectivity index (χ1v) is 8.80. The molecule has 0 aromatic heterocycles. The summed E-state index contributed by atoms with van der Waals surface area (Å²) in [6.07, 6.45) is 2.92. The first-order valence-electron chi connectivity index (χ1n) is 8.80. The molecule has 2 aromatic carbocycles. The van der Waals surface area contributed by atoms with E-state index in [9.17, 15) is 4.79 Å². The van der Waals surface area contributed by atoms with E-state index in [4.69, 9.17) is 9.47 Å². The smallest absolute Gasteiger partial charge is 0.261 e. The van der Waals surface area contributed by atoms with Crippen LogP contribution in [-0.2, 0) is 17.6 Å². The van der Waals surface area contributed by atoms with Crippen molar-refractivity contribution in [2.75, 3.05) is 7.11 Å². The predicted molar refractivity (Wildman–Crippen MR) is 98.1 cm³/mol. The average molecular weight is 339 g/mol. The Morgan fingerprint density at radius 3 is 2.52 bits per heavy atom. The summed E-state index contributed by atoms with van der Waals surface area (Å²) in [5, 5.41) is 3.04. The third-order valence-corrected chi connectivity index (χ3v) is 4.72. The minimum atomic E-state index is -0.604. The van der Waals surface area contributed by atoms with Crippen LogP contribution in [0.4, 0.5) is 0 Å². The molecule has 132 valence electrons. The summed E-state index contributed by atoms with van der Waals surface area (Å²) in [5.74, 6) is 1.05. The molecule has 1 aliphatic rings. The zero-order valence-electron chi connectivity index (χ0n) is 15.0. The zero-order chi connectivity index (χ0) is 17.8. The number of amides is 1. The summed E-state index contributed by atoms with van der Waals surface area (Å²) in [5.41, 5.74) is 3.99. The van der Waals surface area contributed by atoms with Gasteiger partial charge in [-0.25, -0.2) is 0 Å². The fraction of sp³-hybridized carbons (Fsp3) is 0.381. The van der Waals surface area contributed by atoms with E-state index in [1.54, 1.807) is 20.1 Å². The van der Waals surface area contributed by atoms with Crippen LogP contribution in [0.25, 0.3) is 0 Å². The average Bonchev–Trinajstić information content (AvgIpc) is 3.09. The van der Waals surface area contributed by atoms with E-state index in [1.807, 2.05) is 25.1 Å². The highest BCUT2D eigenvalue weighted by Crippen LogP contribution is 2.27. The number of methoxy groups -OCH3 is 1. The molecule has 1 aliphatic carbocycles. The standard InChI is InChI=1S/C21H25NO3/c1-14(17-12-11-16-7-6-8-18(16)13-17)22-21(23)15(2)25-20-10-5-4-9-19(20)24-3/h4-5,9-15H,6-8H2,1-3H3,(H,22,23)/t14-,15+/m0/s1. The lowest BCUT2D eigenvalue weighted by atomic mass is 10.0. The second-order valence-electron chi connectivity index (χ2n) is 6.52. The van der Waals surface area contributed by atoms with E-state index in [-0.39, 0.29) is 11.9 Å². The number of fused-ring (bicyclic) bond motifs is 1. The molecule has 2 atom stereocenters. The van der Waals surface area contributed by atoms with E-state index < -0.39 is 6.10 Å². The van der Waals surface area contributed by atoms with Crippen LogP contribution < -0.4 is 14.8 Å². The molecule has 1 amide bonds. The molecule has 0 saturated carbocycles. The Morgan fingerprint density at radius 1 is 1.04 bits per heavy atom. The van der Waals surface area contributed by atoms with Crippen LogP contribution in [0.5, 0.6) is 11.5 Å². The van der Waals surface area contributed by atoms with Gasteiger partial charge in [-0.05, 0) is 61.9 Å². The minimum absolute atomic E-state index is 0.0536. The monoisotopic (exact) mass is 339 g/mol. The number of rotatable bonds is 6. The van der Waals surface area contributed by atoms with E-state index >= 15 is 0 Å². The van der Waals surface area contributed by atoms with Gasteiger partial charge in [-0.3, -0.25) is 4.79 Å². The second kappa shape index (κ2) is 7.60. The molecule has 0 spiro atoms. The molecule has 1 N–H and O–H groups in total. The fourth-order valence-electron chi connectivity index (χ4n) is 3.24. The molecule has 0 bridgehead atoms. The molecular weight excluding hydrogens is 314 g/mol. The third kappa shape index (κ3) is 3.95. The van der Waals surface area contributed by atoms with Gasteiger partial charge in [0.2, 0.25) is 0 Å². The van der Waals surface area contributed by atoms with Gasteiger partial charge in [-0.2, -0.15) is 0 Å². The number of carbonyl (C=O) groups excluding carboxylic acids is 1. The van der Waals surface area contributed by atoms with Crippen LogP contribution in [0.3, 0.4) is 0 Å². The lowest BCUT2D eigenvalue weighted by molar-refractivity contribution is -0.127. The van der Waals surface area contributed by atoms with Crippen molar-refractivity contribution in [1.82, 2.24) is 5.32 Å². The number of para-hydroxylation sites is 2. The van der Waals surface area contributed by atoms with Crippen LogP contribution >= 0.6 is 0 Å². The van der Waals surface area contributed by atoms with Crippen LogP contribution in [0.1, 0.15) is 43.0 Å². The first-order chi connectivity index (χ1) is 12.1. The Bertz CT molecular complexity index is 757. The summed E-state index contributed by atoms with van der Waals surface area (Å²) in [7, 11) is 1.59. The van der Waals surface area contributed by atoms with Crippen molar-refractivity contribution in [3.8, 4) is 11.5 Å². The Labute approximate surface area is 149 Å². The molecule has 0 fully saturated rings. The Hall–Kier alpha value is -2.49. The van der Waals surface area contributed by atoms with E-state index in [2.05, 4.69) is 23.5 Å². The molecule has 3 rings (SSSR count). The maximum absolute atomic E-state index is 12.5. The van der Waals surface area contributed by atoms with E-state index in [0.29, 0.717) is 11.5 Å². The van der Waals surface area contributed by atoms with Crippen molar-refractivity contribution in [3.63, 3.8) is 0 Å². The Balaban J connectivity index is 1.63. The molecule has 0 radical (unpaired) electrons. The minimum Gasteiger partial charge on any atom is -0.493 e. The quantitative estimate of drug-likeness (QED) is 0.870. The highest BCUT2D eigenvalue weighted by Gasteiger charge is 2.20. The molecule has 4 nitrogen and oxygen atoms in total. The molecule has 4 heteroatoms. The van der Waals surface area contributed by atoms with Crippen molar-refractivity contribution in [2.24, 2.45) is 0 Å². The topological polar surface area (TPSA) is 47.6 Å². The maximum atomic E-state index is 12.5. The van der Waals surface area contributed by atoms with Crippen molar-refractivity contribution in [2.45, 2.75) is 45.3 Å². The summed E-state index contributed by atoms with van der Waals surface area (Å²) in [6.45, 7) is 3.75. The summed E-state index contributed by atoms with van der Waals surface area (Å²) in [4.78, 5) is 12.5. The zero-order valence-corrected chi connectivity index (χ0v) is 15.0. The number of ether oxygens (including phenoxy) is 2. The number of nitrogens with one attached hydrogen (secondary N) is 1. The van der Waals surface area contributed by atoms with Crippen molar-refractivity contribution >= 4 is 5.91 Å². The SMILES string of the molecule is COc1ccccc1O[C@H](C)C(=O)N[C@@H](C)c1ccc2c(c1)CCC2. The molecule has 0 unspecified atom stereocenters. The largest absolute Gasteiger partial charge is 0.493 e. The summed E-state index contributed by atoms with van der Waals surface area (Å²) >= 11 is 0. The number of hydrogen-bond acceptors (Lipinski definition) is 3. The van der Waals surface area contributed by atoms with Gasteiger partial charge in [0.1, 0.15) is 0 Å². The molecular formula is C21H25NO3. The van der Waals surface area contributed by atoms with Crippen molar-refractivity contribution in [3.05, 3.63) is 59.2 Å². The van der Waals surface area contributed by atoms with E-state index in [0.717, 1.165) is 12.0 Å². The van der Waals surface area contributed by atoms with Gasteiger partial charge in [0.15, 0.2) is 17.6 Å². The maximum Gasteiger partial charge on any atom is 0.261 e. The third-order valence-electron chi connectivity index (χ3n) is 4.72. The van der Waals surface area contributed by atoms with Crippen LogP contribution in [0.15, 0.2) is 42.5 Å². The number of hydrogen-bond donors (Lipinski definition) is 1. The van der Waals surface area contributed by atoms with Crippen molar-refractivity contribution < 1.29 is 14.3 Å². The van der Waals surface area contributed by atoms with Gasteiger partial charge in [-0.1, -0.05) is 30.3 Å². The van der Waals surface area contributed by atoms with Crippen LogP contribution in [0.2, 0.25) is 0 Å². The molecule has 25 heavy (non-hydrogen) atoms. The molecule has 0 aliphatic heterocycles. The van der Waals surface area contributed by atoms with Gasteiger partial charge in [0.05, 0.1) is 13.2 Å². The fourth-order valence-corrected chi connectivity index (χ4v) is 3.24. The first kappa shape index (κ1) is 17.3. The van der Waals surface area contributed by atoms with Gasteiger partial charge in [-0.15, -0.1) is 0 Å². The number of aryl methyl sites for hydroxylation is 2. The highest BCUT2D eigenvalue weighted by atomic mass is 16.5. The Kier molecular flexibility index (Phi) is 5.27. The van der Waals surface area contributed by atoms with Gasteiger partial charge >= 0.3 is 0 Å². The number of carbonyl (C=O) groups is 1. The predicted octanol–water partition coefficient (Wildman–Crippen LogP) is 3.83. The summed E-state index contributed by atoms with van der Waals surface area (Å²) < 4.78 is 11.0. The summed E-state index contributed by atoms with van der Waals surface area (Å²) in [6, 6.07) is 13.8. The van der Waals surface area contributed by atoms with Crippen LogP contribution in [0, 0.1) is 0 Å². The lowest BCUT2D eigenvalue weighted by Gasteiger charge is -2.20. The lowest BCUT2D eigenvalue weighted by Crippen LogP contribution is -2.37. The molecule has 0 heterocycles. The number of benzene rings is 2. The van der Waals surface area contributed by atoms with Crippen molar-refractivity contribution in [1.29, 1.82) is 0 Å². The molecule has 0 saturated heterocycles. The van der Waals surface area contributed by atoms with Crippen LogP contribution in [-0.4, -0.2) is 19.1 Å². The highest BCUT2D eigenvalue weighted by molar-refractivity contribution is 5.81. The van der Waals surface area contributed by atoms with E-state index in [1.165, 1.54) is 24.0 Å². The van der Waals surface area contributed by atoms with Gasteiger partial charge in [0, 0.05) is 0 Å². The normalized spacial score (nSPS) is 15.2. The molecule has 2 aromatic rings.